The molecule has 0 aliphatic carbocycles. The van der Waals surface area contributed by atoms with Crippen molar-refractivity contribution in [3.05, 3.63) is 64.7 Å². The Hall–Kier alpha value is -2.33. The highest BCUT2D eigenvalue weighted by molar-refractivity contribution is 6.30. The molecule has 0 bridgehead atoms. The molecule has 4 nitrogen and oxygen atoms in total. The van der Waals surface area contributed by atoms with E-state index in [1.165, 1.54) is 0 Å². The first-order valence-electron chi connectivity index (χ1n) is 7.92. The summed E-state index contributed by atoms with van der Waals surface area (Å²) >= 11 is 5.96. The number of halogens is 1. The molecule has 5 heteroatoms. The zero-order valence-corrected chi connectivity index (χ0v) is 14.5. The molecule has 0 saturated heterocycles. The zero-order valence-electron chi connectivity index (χ0n) is 13.7. The maximum atomic E-state index is 12.4. The summed E-state index contributed by atoms with van der Waals surface area (Å²) in [7, 11) is 1.64. The molecule has 0 radical (unpaired) electrons. The van der Waals surface area contributed by atoms with E-state index in [2.05, 4.69) is 5.10 Å². The molecule has 0 saturated carbocycles. The number of rotatable bonds is 4. The Morgan fingerprint density at radius 2 is 1.96 bits per heavy atom. The van der Waals surface area contributed by atoms with Crippen molar-refractivity contribution >= 4 is 23.2 Å². The van der Waals surface area contributed by atoms with Gasteiger partial charge in [-0.15, -0.1) is 0 Å². The maximum Gasteiger partial charge on any atom is 0.242 e. The molecule has 124 valence electrons. The Morgan fingerprint density at radius 3 is 2.62 bits per heavy atom. The van der Waals surface area contributed by atoms with Crippen LogP contribution in [0.25, 0.3) is 0 Å². The number of hydrazone groups is 1. The molecule has 0 fully saturated rings. The van der Waals surface area contributed by atoms with Crippen molar-refractivity contribution in [2.75, 3.05) is 7.11 Å². The summed E-state index contributed by atoms with van der Waals surface area (Å²) in [6.07, 6.45) is 1.05. The van der Waals surface area contributed by atoms with Crippen molar-refractivity contribution in [1.82, 2.24) is 5.01 Å². The number of amides is 1. The normalized spacial score (nSPS) is 16.9. The lowest BCUT2D eigenvalue weighted by molar-refractivity contribution is -0.132. The lowest BCUT2D eigenvalue weighted by atomic mass is 9.97. The second-order valence-corrected chi connectivity index (χ2v) is 6.04. The molecule has 3 rings (SSSR count). The van der Waals surface area contributed by atoms with E-state index >= 15 is 0 Å². The third-order valence-corrected chi connectivity index (χ3v) is 4.40. The van der Waals surface area contributed by atoms with Gasteiger partial charge in [0.25, 0.3) is 0 Å². The van der Waals surface area contributed by atoms with Crippen LogP contribution in [0.3, 0.4) is 0 Å². The summed E-state index contributed by atoms with van der Waals surface area (Å²) in [5.74, 6) is 0.763. The monoisotopic (exact) mass is 342 g/mol. The van der Waals surface area contributed by atoms with Gasteiger partial charge in [0.05, 0.1) is 18.9 Å². The third kappa shape index (κ3) is 3.15. The van der Waals surface area contributed by atoms with E-state index in [0.717, 1.165) is 22.6 Å². The molecule has 24 heavy (non-hydrogen) atoms. The van der Waals surface area contributed by atoms with E-state index < -0.39 is 0 Å². The Kier molecular flexibility index (Phi) is 4.86. The van der Waals surface area contributed by atoms with Gasteiger partial charge in [0.15, 0.2) is 0 Å². The second kappa shape index (κ2) is 7.05. The first-order valence-corrected chi connectivity index (χ1v) is 8.30. The fourth-order valence-electron chi connectivity index (χ4n) is 2.90. The van der Waals surface area contributed by atoms with Crippen LogP contribution in [0, 0.1) is 0 Å². The predicted molar refractivity (Wildman–Crippen MR) is 95.5 cm³/mol. The summed E-state index contributed by atoms with van der Waals surface area (Å²) < 4.78 is 5.47. The van der Waals surface area contributed by atoms with E-state index in [1.807, 2.05) is 55.5 Å². The van der Waals surface area contributed by atoms with Crippen LogP contribution in [0.4, 0.5) is 0 Å². The molecule has 1 heterocycles. The maximum absolute atomic E-state index is 12.4. The van der Waals surface area contributed by atoms with Gasteiger partial charge in [-0.05, 0) is 23.8 Å². The molecule has 1 atom stereocenters. The highest BCUT2D eigenvalue weighted by Crippen LogP contribution is 2.37. The number of para-hydroxylation sites is 1. The average molecular weight is 343 g/mol. The summed E-state index contributed by atoms with van der Waals surface area (Å²) in [5, 5.41) is 6.86. The number of ether oxygens (including phenoxy) is 1. The predicted octanol–water partition coefficient (Wildman–Crippen LogP) is 4.44. The van der Waals surface area contributed by atoms with E-state index in [9.17, 15) is 4.79 Å². The van der Waals surface area contributed by atoms with Gasteiger partial charge in [-0.1, -0.05) is 48.9 Å². The van der Waals surface area contributed by atoms with Gasteiger partial charge in [-0.25, -0.2) is 5.01 Å². The second-order valence-electron chi connectivity index (χ2n) is 5.61. The minimum Gasteiger partial charge on any atom is -0.496 e. The number of hydrogen-bond acceptors (Lipinski definition) is 3. The van der Waals surface area contributed by atoms with Gasteiger partial charge < -0.3 is 4.74 Å². The summed E-state index contributed by atoms with van der Waals surface area (Å²) in [6.45, 7) is 1.84. The van der Waals surface area contributed by atoms with E-state index in [1.54, 1.807) is 12.1 Å². The molecule has 0 N–H and O–H groups in total. The number of methoxy groups -OCH3 is 1. The van der Waals surface area contributed by atoms with Crippen LogP contribution in [0.5, 0.6) is 5.75 Å². The van der Waals surface area contributed by atoms with Crippen LogP contribution in [-0.4, -0.2) is 23.7 Å². The molecule has 2 aromatic carbocycles. The third-order valence-electron chi connectivity index (χ3n) is 4.14. The van der Waals surface area contributed by atoms with Gasteiger partial charge in [-0.3, -0.25) is 4.79 Å². The highest BCUT2D eigenvalue weighted by Gasteiger charge is 2.33. The van der Waals surface area contributed by atoms with Crippen molar-refractivity contribution in [3.8, 4) is 5.75 Å². The Balaban J connectivity index is 1.98. The van der Waals surface area contributed by atoms with E-state index in [0.29, 0.717) is 17.9 Å². The van der Waals surface area contributed by atoms with Crippen LogP contribution < -0.4 is 4.74 Å². The molecule has 1 amide bonds. The number of carbonyl (C=O) groups excluding carboxylic acids is 1. The van der Waals surface area contributed by atoms with Crippen LogP contribution in [0.2, 0.25) is 5.02 Å². The highest BCUT2D eigenvalue weighted by atomic mass is 35.5. The number of hydrogen-bond donors (Lipinski definition) is 0. The van der Waals surface area contributed by atoms with Crippen molar-refractivity contribution in [1.29, 1.82) is 0 Å². The standard InChI is InChI=1S/C19H19ClN2O2/c1-3-19(23)22-17(15-6-4-5-7-18(15)24-2)12-16(21-22)13-8-10-14(20)11-9-13/h4-11,17H,3,12H2,1-2H3/t17-/m0/s1. The Bertz CT molecular complexity index is 771. The van der Waals surface area contributed by atoms with Gasteiger partial charge in [-0.2, -0.15) is 5.10 Å². The van der Waals surface area contributed by atoms with Crippen molar-refractivity contribution in [3.63, 3.8) is 0 Å². The van der Waals surface area contributed by atoms with E-state index in [-0.39, 0.29) is 11.9 Å². The zero-order chi connectivity index (χ0) is 17.1. The molecular weight excluding hydrogens is 324 g/mol. The van der Waals surface area contributed by atoms with E-state index in [4.69, 9.17) is 16.3 Å². The number of carbonyl (C=O) groups is 1. The first-order chi connectivity index (χ1) is 11.6. The largest absolute Gasteiger partial charge is 0.496 e. The van der Waals surface area contributed by atoms with Crippen LogP contribution in [-0.2, 0) is 4.79 Å². The molecule has 2 aromatic rings. The number of benzene rings is 2. The lowest BCUT2D eigenvalue weighted by Crippen LogP contribution is -2.26. The van der Waals surface area contributed by atoms with Crippen molar-refractivity contribution in [2.45, 2.75) is 25.8 Å². The molecule has 1 aliphatic heterocycles. The molecule has 0 aromatic heterocycles. The smallest absolute Gasteiger partial charge is 0.242 e. The fraction of sp³-hybridized carbons (Fsp3) is 0.263. The Morgan fingerprint density at radius 1 is 1.25 bits per heavy atom. The van der Waals surface area contributed by atoms with Gasteiger partial charge >= 0.3 is 0 Å². The quantitative estimate of drug-likeness (QED) is 0.824. The van der Waals surface area contributed by atoms with Crippen molar-refractivity contribution < 1.29 is 9.53 Å². The Labute approximate surface area is 146 Å². The summed E-state index contributed by atoms with van der Waals surface area (Å²) in [4.78, 5) is 12.4. The van der Waals surface area contributed by atoms with Crippen LogP contribution in [0.15, 0.2) is 53.6 Å². The molecule has 0 spiro atoms. The van der Waals surface area contributed by atoms with Gasteiger partial charge in [0, 0.05) is 23.4 Å². The molecule has 1 aliphatic rings. The summed E-state index contributed by atoms with van der Waals surface area (Å²) in [5.41, 5.74) is 2.82. The molecular formula is C19H19ClN2O2. The topological polar surface area (TPSA) is 41.9 Å². The van der Waals surface area contributed by atoms with Gasteiger partial charge in [0.2, 0.25) is 5.91 Å². The molecule has 0 unspecified atom stereocenters. The SMILES string of the molecule is CCC(=O)N1N=C(c2ccc(Cl)cc2)C[C@H]1c1ccccc1OC. The lowest BCUT2D eigenvalue weighted by Gasteiger charge is -2.23. The minimum absolute atomic E-state index is 0.00475. The van der Waals surface area contributed by atoms with Crippen molar-refractivity contribution in [2.24, 2.45) is 5.10 Å². The summed E-state index contributed by atoms with van der Waals surface area (Å²) in [6, 6.07) is 15.1. The fourth-order valence-corrected chi connectivity index (χ4v) is 3.03. The number of nitrogens with zero attached hydrogens (tertiary/aromatic N) is 2. The first kappa shape index (κ1) is 16.5. The minimum atomic E-state index is -0.153. The van der Waals surface area contributed by atoms with Gasteiger partial charge in [0.1, 0.15) is 5.75 Å². The van der Waals surface area contributed by atoms with Crippen LogP contribution in [0.1, 0.15) is 36.9 Å². The van der Waals surface area contributed by atoms with Crippen LogP contribution >= 0.6 is 11.6 Å². The average Bonchev–Trinajstić information content (AvgIpc) is 3.06.